The monoisotopic (exact) mass is 395 g/mol. The molecule has 3 aromatic rings. The fraction of sp³-hybridized carbons (Fsp3) is 0. The number of carbonyl (C=O) groups excluding carboxylic acids is 1. The van der Waals surface area contributed by atoms with Crippen LogP contribution in [-0.4, -0.2) is 24.4 Å². The summed E-state index contributed by atoms with van der Waals surface area (Å²) in [6, 6.07) is 18.0. The summed E-state index contributed by atoms with van der Waals surface area (Å²) >= 11 is 0. The Bertz CT molecular complexity index is 1140. The minimum atomic E-state index is -4.01. The molecule has 0 heterocycles. The number of rotatable bonds is 6. The Morgan fingerprint density at radius 3 is 2.29 bits per heavy atom. The van der Waals surface area contributed by atoms with Crippen LogP contribution in [0.25, 0.3) is 6.08 Å². The van der Waals surface area contributed by atoms with Crippen LogP contribution >= 0.6 is 0 Å². The van der Waals surface area contributed by atoms with Gasteiger partial charge in [0.05, 0.1) is 10.6 Å². The molecule has 0 spiro atoms. The van der Waals surface area contributed by atoms with Gasteiger partial charge in [-0.25, -0.2) is 8.42 Å². The van der Waals surface area contributed by atoms with Crippen LogP contribution in [-0.2, 0) is 10.0 Å². The molecule has 142 valence electrons. The van der Waals surface area contributed by atoms with Crippen LogP contribution in [0, 0.1) is 0 Å². The van der Waals surface area contributed by atoms with E-state index in [4.69, 9.17) is 0 Å². The Hall–Kier alpha value is -3.58. The second-order valence-corrected chi connectivity index (χ2v) is 7.62. The van der Waals surface area contributed by atoms with Crippen LogP contribution in [0.5, 0.6) is 11.5 Å². The number of allylic oxidation sites excluding steroid dienone is 1. The highest BCUT2D eigenvalue weighted by molar-refractivity contribution is 7.92. The first kappa shape index (κ1) is 19.2. The van der Waals surface area contributed by atoms with E-state index in [9.17, 15) is 23.4 Å². The minimum Gasteiger partial charge on any atom is -0.508 e. The van der Waals surface area contributed by atoms with Crippen molar-refractivity contribution >= 4 is 27.6 Å². The Kier molecular flexibility index (Phi) is 5.47. The number of benzene rings is 3. The van der Waals surface area contributed by atoms with Crippen molar-refractivity contribution in [3.8, 4) is 11.5 Å². The van der Waals surface area contributed by atoms with Gasteiger partial charge in [0.1, 0.15) is 11.5 Å². The molecule has 0 aliphatic carbocycles. The van der Waals surface area contributed by atoms with Gasteiger partial charge in [0.25, 0.3) is 10.0 Å². The van der Waals surface area contributed by atoms with Gasteiger partial charge >= 0.3 is 0 Å². The third-order valence-electron chi connectivity index (χ3n) is 3.88. The average molecular weight is 395 g/mol. The van der Waals surface area contributed by atoms with E-state index in [2.05, 4.69) is 4.72 Å². The van der Waals surface area contributed by atoms with E-state index in [1.807, 2.05) is 0 Å². The van der Waals surface area contributed by atoms with Gasteiger partial charge in [-0.2, -0.15) is 0 Å². The number of anilines is 1. The molecule has 3 rings (SSSR count). The molecule has 0 atom stereocenters. The number of sulfonamides is 1. The Morgan fingerprint density at radius 1 is 0.857 bits per heavy atom. The van der Waals surface area contributed by atoms with Crippen LogP contribution < -0.4 is 4.72 Å². The molecule has 0 bridgehead atoms. The van der Waals surface area contributed by atoms with E-state index in [0.717, 1.165) is 6.07 Å². The molecule has 28 heavy (non-hydrogen) atoms. The first-order valence-corrected chi connectivity index (χ1v) is 9.76. The maximum Gasteiger partial charge on any atom is 0.262 e. The van der Waals surface area contributed by atoms with Gasteiger partial charge in [0.15, 0.2) is 5.78 Å². The largest absolute Gasteiger partial charge is 0.508 e. The highest BCUT2D eigenvalue weighted by Crippen LogP contribution is 2.27. The number of phenolic OH excluding ortho intramolecular Hbond substituents is 2. The summed E-state index contributed by atoms with van der Waals surface area (Å²) in [6.45, 7) is 0. The summed E-state index contributed by atoms with van der Waals surface area (Å²) < 4.78 is 27.5. The number of nitrogens with one attached hydrogen (secondary N) is 1. The lowest BCUT2D eigenvalue weighted by atomic mass is 10.1. The van der Waals surface area contributed by atoms with Gasteiger partial charge in [-0.3, -0.25) is 9.52 Å². The van der Waals surface area contributed by atoms with Gasteiger partial charge in [0, 0.05) is 17.7 Å². The van der Waals surface area contributed by atoms with Crippen molar-refractivity contribution in [2.45, 2.75) is 4.90 Å². The van der Waals surface area contributed by atoms with E-state index < -0.39 is 10.0 Å². The fourth-order valence-electron chi connectivity index (χ4n) is 2.50. The average Bonchev–Trinajstić information content (AvgIpc) is 2.67. The summed E-state index contributed by atoms with van der Waals surface area (Å²) in [5.41, 5.74) is 0.991. The topological polar surface area (TPSA) is 104 Å². The lowest BCUT2D eigenvalue weighted by molar-refractivity contribution is 0.104. The van der Waals surface area contributed by atoms with Gasteiger partial charge in [-0.1, -0.05) is 36.4 Å². The van der Waals surface area contributed by atoms with Crippen molar-refractivity contribution in [1.29, 1.82) is 0 Å². The third kappa shape index (κ3) is 4.57. The van der Waals surface area contributed by atoms with E-state index >= 15 is 0 Å². The first-order valence-electron chi connectivity index (χ1n) is 8.27. The molecule has 0 aliphatic rings. The lowest BCUT2D eigenvalue weighted by Crippen LogP contribution is -2.13. The summed E-state index contributed by atoms with van der Waals surface area (Å²) in [7, 11) is -4.01. The molecule has 7 heteroatoms. The van der Waals surface area contributed by atoms with E-state index in [-0.39, 0.29) is 27.9 Å². The van der Waals surface area contributed by atoms with Crippen molar-refractivity contribution in [2.24, 2.45) is 0 Å². The molecule has 3 N–H and O–H groups in total. The van der Waals surface area contributed by atoms with Crippen LogP contribution in [0.15, 0.2) is 83.8 Å². The minimum absolute atomic E-state index is 0.0976. The summed E-state index contributed by atoms with van der Waals surface area (Å²) in [5, 5.41) is 19.3. The molecule has 0 fully saturated rings. The van der Waals surface area contributed by atoms with Crippen molar-refractivity contribution in [3.63, 3.8) is 0 Å². The number of ketones is 1. The quantitative estimate of drug-likeness (QED) is 0.435. The lowest BCUT2D eigenvalue weighted by Gasteiger charge is -2.11. The number of aromatic hydroxyl groups is 2. The molecule has 0 radical (unpaired) electrons. The van der Waals surface area contributed by atoms with Crippen LogP contribution in [0.1, 0.15) is 15.9 Å². The molecule has 0 aromatic heterocycles. The van der Waals surface area contributed by atoms with Gasteiger partial charge in [-0.05, 0) is 42.0 Å². The SMILES string of the molecule is O=C(C=Cc1ccc(O)cc1NS(=O)(=O)c1cccc(O)c1)c1ccccc1. The zero-order valence-electron chi connectivity index (χ0n) is 14.6. The molecule has 0 saturated carbocycles. The predicted molar refractivity (Wildman–Crippen MR) is 107 cm³/mol. The van der Waals surface area contributed by atoms with Gasteiger partial charge in [0.2, 0.25) is 0 Å². The Labute approximate surface area is 162 Å². The third-order valence-corrected chi connectivity index (χ3v) is 5.24. The zero-order valence-corrected chi connectivity index (χ0v) is 15.4. The van der Waals surface area contributed by atoms with Gasteiger partial charge < -0.3 is 10.2 Å². The second-order valence-electron chi connectivity index (χ2n) is 5.94. The maximum atomic E-state index is 12.6. The van der Waals surface area contributed by atoms with Crippen molar-refractivity contribution < 1.29 is 23.4 Å². The van der Waals surface area contributed by atoms with Crippen molar-refractivity contribution in [1.82, 2.24) is 0 Å². The van der Waals surface area contributed by atoms with E-state index in [1.165, 1.54) is 48.6 Å². The normalized spacial score (nSPS) is 11.4. The number of hydrogen-bond acceptors (Lipinski definition) is 5. The Morgan fingerprint density at radius 2 is 1.57 bits per heavy atom. The van der Waals surface area contributed by atoms with Crippen molar-refractivity contribution in [3.05, 3.63) is 90.0 Å². The van der Waals surface area contributed by atoms with Crippen LogP contribution in [0.2, 0.25) is 0 Å². The molecule has 3 aromatic carbocycles. The van der Waals surface area contributed by atoms with E-state index in [0.29, 0.717) is 11.1 Å². The number of phenols is 2. The maximum absolute atomic E-state index is 12.6. The summed E-state index contributed by atoms with van der Waals surface area (Å²) in [4.78, 5) is 12.1. The number of hydrogen-bond donors (Lipinski definition) is 3. The molecular weight excluding hydrogens is 378 g/mol. The standard InChI is InChI=1S/C21H17NO5S/c23-17-7-4-8-19(13-17)28(26,27)22-20-14-18(24)11-9-15(20)10-12-21(25)16-5-2-1-3-6-16/h1-14,22-24H. The first-order chi connectivity index (χ1) is 13.3. The molecule has 0 amide bonds. The van der Waals surface area contributed by atoms with Gasteiger partial charge in [-0.15, -0.1) is 0 Å². The van der Waals surface area contributed by atoms with Crippen LogP contribution in [0.3, 0.4) is 0 Å². The second kappa shape index (κ2) is 7.98. The fourth-order valence-corrected chi connectivity index (χ4v) is 3.61. The number of carbonyl (C=O) groups is 1. The highest BCUT2D eigenvalue weighted by Gasteiger charge is 2.16. The Balaban J connectivity index is 1.91. The highest BCUT2D eigenvalue weighted by atomic mass is 32.2. The molecule has 0 aliphatic heterocycles. The zero-order chi connectivity index (χ0) is 20.1. The van der Waals surface area contributed by atoms with Crippen molar-refractivity contribution in [2.75, 3.05) is 4.72 Å². The molecule has 6 nitrogen and oxygen atoms in total. The molecule has 0 unspecified atom stereocenters. The molecular formula is C21H17NO5S. The summed E-state index contributed by atoms with van der Waals surface area (Å²) in [5.74, 6) is -0.567. The molecule has 0 saturated heterocycles. The smallest absolute Gasteiger partial charge is 0.262 e. The predicted octanol–water partition coefficient (Wildman–Crippen LogP) is 3.79. The summed E-state index contributed by atoms with van der Waals surface area (Å²) in [6.07, 6.45) is 2.79. The van der Waals surface area contributed by atoms with Crippen LogP contribution in [0.4, 0.5) is 5.69 Å². The van der Waals surface area contributed by atoms with E-state index in [1.54, 1.807) is 30.3 Å².